The normalized spacial score (nSPS) is 17.5. The van der Waals surface area contributed by atoms with E-state index in [1.807, 2.05) is 18.3 Å². The van der Waals surface area contributed by atoms with Crippen molar-refractivity contribution < 1.29 is 4.74 Å². The van der Waals surface area contributed by atoms with E-state index in [2.05, 4.69) is 17.2 Å². The van der Waals surface area contributed by atoms with Crippen LogP contribution in [0.15, 0.2) is 18.3 Å². The molecule has 0 fully saturated rings. The fourth-order valence-electron chi connectivity index (χ4n) is 2.68. The van der Waals surface area contributed by atoms with E-state index in [4.69, 9.17) is 9.72 Å². The molecule has 0 saturated carbocycles. The molecule has 0 spiro atoms. The van der Waals surface area contributed by atoms with Gasteiger partial charge in [-0.15, -0.1) is 11.3 Å². The van der Waals surface area contributed by atoms with Crippen molar-refractivity contribution in [3.8, 4) is 16.5 Å². The second kappa shape index (κ2) is 6.54. The SMILES string of the molecule is CCCNC1CCCc2nc(-c3ccc(OC)nc3)sc21. The van der Waals surface area contributed by atoms with Gasteiger partial charge in [0, 0.05) is 28.7 Å². The van der Waals surface area contributed by atoms with E-state index in [-0.39, 0.29) is 0 Å². The van der Waals surface area contributed by atoms with Crippen LogP contribution >= 0.6 is 11.3 Å². The summed E-state index contributed by atoms with van der Waals surface area (Å²) in [5.74, 6) is 0.641. The number of thiazole rings is 1. The van der Waals surface area contributed by atoms with E-state index in [0.717, 1.165) is 23.5 Å². The first kappa shape index (κ1) is 14.5. The number of aromatic nitrogens is 2. The number of fused-ring (bicyclic) bond motifs is 1. The van der Waals surface area contributed by atoms with Crippen LogP contribution in [0.5, 0.6) is 5.88 Å². The van der Waals surface area contributed by atoms with Crippen LogP contribution in [0, 0.1) is 0 Å². The van der Waals surface area contributed by atoms with Crippen molar-refractivity contribution >= 4 is 11.3 Å². The van der Waals surface area contributed by atoms with Gasteiger partial charge in [0.25, 0.3) is 0 Å². The van der Waals surface area contributed by atoms with Gasteiger partial charge in [-0.3, -0.25) is 0 Å². The van der Waals surface area contributed by atoms with Crippen LogP contribution in [0.2, 0.25) is 0 Å². The molecule has 2 heterocycles. The molecule has 1 N–H and O–H groups in total. The van der Waals surface area contributed by atoms with Crippen LogP contribution < -0.4 is 10.1 Å². The summed E-state index contributed by atoms with van der Waals surface area (Å²) in [7, 11) is 1.63. The van der Waals surface area contributed by atoms with Gasteiger partial charge in [0.2, 0.25) is 5.88 Å². The Morgan fingerprint density at radius 2 is 2.33 bits per heavy atom. The zero-order valence-electron chi connectivity index (χ0n) is 12.6. The molecule has 21 heavy (non-hydrogen) atoms. The maximum absolute atomic E-state index is 5.11. The Balaban J connectivity index is 1.86. The lowest BCUT2D eigenvalue weighted by molar-refractivity contribution is 0.398. The molecule has 2 aromatic rings. The first-order chi connectivity index (χ1) is 10.3. The van der Waals surface area contributed by atoms with Crippen molar-refractivity contribution in [1.82, 2.24) is 15.3 Å². The zero-order valence-corrected chi connectivity index (χ0v) is 13.4. The molecule has 2 aromatic heterocycles. The number of ether oxygens (including phenoxy) is 1. The van der Waals surface area contributed by atoms with Crippen molar-refractivity contribution in [1.29, 1.82) is 0 Å². The van der Waals surface area contributed by atoms with Crippen molar-refractivity contribution in [3.63, 3.8) is 0 Å². The lowest BCUT2D eigenvalue weighted by Gasteiger charge is -2.22. The highest BCUT2D eigenvalue weighted by Crippen LogP contribution is 2.37. The molecule has 3 rings (SSSR count). The van der Waals surface area contributed by atoms with Gasteiger partial charge < -0.3 is 10.1 Å². The predicted octanol–water partition coefficient (Wildman–Crippen LogP) is 3.59. The minimum absolute atomic E-state index is 0.478. The summed E-state index contributed by atoms with van der Waals surface area (Å²) < 4.78 is 5.11. The van der Waals surface area contributed by atoms with E-state index in [1.54, 1.807) is 18.4 Å². The Labute approximate surface area is 129 Å². The average molecular weight is 303 g/mol. The molecule has 1 unspecified atom stereocenters. The van der Waals surface area contributed by atoms with Crippen LogP contribution in [0.1, 0.15) is 42.8 Å². The molecular formula is C16H21N3OS. The second-order valence-corrected chi connectivity index (χ2v) is 6.35. The minimum Gasteiger partial charge on any atom is -0.481 e. The summed E-state index contributed by atoms with van der Waals surface area (Å²) in [6.07, 6.45) is 6.55. The minimum atomic E-state index is 0.478. The van der Waals surface area contributed by atoms with Gasteiger partial charge in [0.15, 0.2) is 0 Å². The first-order valence-corrected chi connectivity index (χ1v) is 8.37. The number of hydrogen-bond donors (Lipinski definition) is 1. The van der Waals surface area contributed by atoms with E-state index in [0.29, 0.717) is 11.9 Å². The number of pyridine rings is 1. The Hall–Kier alpha value is -1.46. The van der Waals surface area contributed by atoms with Crippen LogP contribution in [-0.4, -0.2) is 23.6 Å². The van der Waals surface area contributed by atoms with Gasteiger partial charge in [-0.2, -0.15) is 0 Å². The number of rotatable bonds is 5. The van der Waals surface area contributed by atoms with Crippen molar-refractivity contribution in [3.05, 3.63) is 28.9 Å². The van der Waals surface area contributed by atoms with Gasteiger partial charge >= 0.3 is 0 Å². The van der Waals surface area contributed by atoms with Crippen molar-refractivity contribution in [2.24, 2.45) is 0 Å². The summed E-state index contributed by atoms with van der Waals surface area (Å²) in [5, 5.41) is 4.72. The monoisotopic (exact) mass is 303 g/mol. The van der Waals surface area contributed by atoms with E-state index < -0.39 is 0 Å². The summed E-state index contributed by atoms with van der Waals surface area (Å²) in [5.41, 5.74) is 2.34. The van der Waals surface area contributed by atoms with Gasteiger partial charge in [-0.05, 0) is 38.3 Å². The Morgan fingerprint density at radius 1 is 1.43 bits per heavy atom. The molecule has 0 amide bonds. The Bertz CT molecular complexity index is 594. The van der Waals surface area contributed by atoms with Crippen LogP contribution in [0.25, 0.3) is 10.6 Å². The molecule has 1 aliphatic carbocycles. The predicted molar refractivity (Wildman–Crippen MR) is 85.9 cm³/mol. The molecule has 4 nitrogen and oxygen atoms in total. The molecule has 0 saturated heterocycles. The third-order valence-electron chi connectivity index (χ3n) is 3.78. The zero-order chi connectivity index (χ0) is 14.7. The van der Waals surface area contributed by atoms with Gasteiger partial charge in [0.1, 0.15) is 5.01 Å². The second-order valence-electron chi connectivity index (χ2n) is 5.32. The number of nitrogens with zero attached hydrogens (tertiary/aromatic N) is 2. The molecule has 0 aromatic carbocycles. The quantitative estimate of drug-likeness (QED) is 0.917. The molecular weight excluding hydrogens is 282 g/mol. The third kappa shape index (κ3) is 3.09. The number of nitrogens with one attached hydrogen (secondary N) is 1. The molecule has 112 valence electrons. The maximum Gasteiger partial charge on any atom is 0.212 e. The molecule has 1 atom stereocenters. The first-order valence-electron chi connectivity index (χ1n) is 7.55. The number of hydrogen-bond acceptors (Lipinski definition) is 5. The molecule has 0 aliphatic heterocycles. The van der Waals surface area contributed by atoms with E-state index >= 15 is 0 Å². The summed E-state index contributed by atoms with van der Waals surface area (Å²) in [6.45, 7) is 3.28. The highest BCUT2D eigenvalue weighted by Gasteiger charge is 2.24. The lowest BCUT2D eigenvalue weighted by atomic mass is 9.98. The maximum atomic E-state index is 5.11. The lowest BCUT2D eigenvalue weighted by Crippen LogP contribution is -2.24. The van der Waals surface area contributed by atoms with E-state index in [9.17, 15) is 0 Å². The molecule has 0 radical (unpaired) electrons. The van der Waals surface area contributed by atoms with Crippen molar-refractivity contribution in [2.45, 2.75) is 38.6 Å². The average Bonchev–Trinajstić information content (AvgIpc) is 2.97. The standard InChI is InChI=1S/C16H21N3OS/c1-3-9-17-12-5-4-6-13-15(12)21-16(19-13)11-7-8-14(20-2)18-10-11/h7-8,10,12,17H,3-6,9H2,1-2H3. The summed E-state index contributed by atoms with van der Waals surface area (Å²) in [4.78, 5) is 10.5. The fraction of sp³-hybridized carbons (Fsp3) is 0.500. The summed E-state index contributed by atoms with van der Waals surface area (Å²) >= 11 is 1.81. The smallest absolute Gasteiger partial charge is 0.212 e. The third-order valence-corrected chi connectivity index (χ3v) is 5.04. The van der Waals surface area contributed by atoms with Crippen molar-refractivity contribution in [2.75, 3.05) is 13.7 Å². The molecule has 5 heteroatoms. The number of aryl methyl sites for hydroxylation is 1. The topological polar surface area (TPSA) is 47.0 Å². The van der Waals surface area contributed by atoms with Crippen LogP contribution in [0.3, 0.4) is 0 Å². The van der Waals surface area contributed by atoms with Gasteiger partial charge in [-0.25, -0.2) is 9.97 Å². The molecule has 0 bridgehead atoms. The number of methoxy groups -OCH3 is 1. The highest BCUT2D eigenvalue weighted by atomic mass is 32.1. The van der Waals surface area contributed by atoms with Gasteiger partial charge in [-0.1, -0.05) is 6.92 Å². The van der Waals surface area contributed by atoms with Crippen LogP contribution in [0.4, 0.5) is 0 Å². The Morgan fingerprint density at radius 3 is 3.05 bits per heavy atom. The highest BCUT2D eigenvalue weighted by molar-refractivity contribution is 7.15. The Kier molecular flexibility index (Phi) is 4.51. The fourth-order valence-corrected chi connectivity index (χ4v) is 3.90. The largest absolute Gasteiger partial charge is 0.481 e. The van der Waals surface area contributed by atoms with Gasteiger partial charge in [0.05, 0.1) is 12.8 Å². The van der Waals surface area contributed by atoms with E-state index in [1.165, 1.54) is 29.8 Å². The van der Waals surface area contributed by atoms with Crippen LogP contribution in [-0.2, 0) is 6.42 Å². The summed E-state index contributed by atoms with van der Waals surface area (Å²) in [6, 6.07) is 4.40. The molecule has 1 aliphatic rings.